The molecule has 35 heavy (non-hydrogen) atoms. The summed E-state index contributed by atoms with van der Waals surface area (Å²) >= 11 is 0. The van der Waals surface area contributed by atoms with Gasteiger partial charge in [0, 0.05) is 40.1 Å². The number of carbonyl (C=O) groups is 2. The van der Waals surface area contributed by atoms with Crippen LogP contribution in [0.5, 0.6) is 0 Å². The fourth-order valence-electron chi connectivity index (χ4n) is 4.16. The molecule has 0 fully saturated rings. The van der Waals surface area contributed by atoms with E-state index in [2.05, 4.69) is 20.6 Å². The molecule has 168 valence electrons. The first kappa shape index (κ1) is 20.6. The van der Waals surface area contributed by atoms with Gasteiger partial charge in [0.2, 0.25) is 0 Å². The quantitative estimate of drug-likeness (QED) is 0.199. The number of rotatable bonds is 3. The van der Waals surface area contributed by atoms with Crippen LogP contribution < -0.4 is 10.6 Å². The van der Waals surface area contributed by atoms with E-state index in [0.29, 0.717) is 28.0 Å². The van der Waals surface area contributed by atoms with Crippen molar-refractivity contribution in [1.82, 2.24) is 19.9 Å². The second-order valence-electron chi connectivity index (χ2n) is 8.14. The van der Waals surface area contributed by atoms with Crippen LogP contribution >= 0.6 is 0 Å². The molecule has 0 saturated carbocycles. The van der Waals surface area contributed by atoms with Crippen molar-refractivity contribution in [2.45, 2.75) is 6.92 Å². The number of carbonyl (C=O) groups excluding carboxylic acids is 2. The van der Waals surface area contributed by atoms with Gasteiger partial charge in [-0.3, -0.25) is 14.8 Å². The molecule has 0 radical (unpaired) electrons. The minimum absolute atomic E-state index is 0.0291. The summed E-state index contributed by atoms with van der Waals surface area (Å²) < 4.78 is 0. The fraction of sp³-hybridized carbons (Fsp3) is 0.0370. The van der Waals surface area contributed by atoms with E-state index in [4.69, 9.17) is 9.97 Å². The number of amides is 2. The first-order valence-corrected chi connectivity index (χ1v) is 11.0. The third-order valence-corrected chi connectivity index (χ3v) is 5.82. The van der Waals surface area contributed by atoms with E-state index < -0.39 is 6.03 Å². The van der Waals surface area contributed by atoms with Gasteiger partial charge in [0.05, 0.1) is 33.1 Å². The molecule has 0 atom stereocenters. The summed E-state index contributed by atoms with van der Waals surface area (Å²) in [7, 11) is 0. The summed E-state index contributed by atoms with van der Waals surface area (Å²) in [6, 6.07) is 19.4. The molecular weight excluding hydrogens is 440 g/mol. The number of fused-ring (bicyclic) bond motifs is 7. The predicted molar refractivity (Wildman–Crippen MR) is 137 cm³/mol. The summed E-state index contributed by atoms with van der Waals surface area (Å²) in [6.07, 6.45) is 3.49. The fourth-order valence-corrected chi connectivity index (χ4v) is 4.16. The lowest BCUT2D eigenvalue weighted by Gasteiger charge is -2.10. The van der Waals surface area contributed by atoms with Crippen molar-refractivity contribution in [2.24, 2.45) is 0 Å². The zero-order valence-electron chi connectivity index (χ0n) is 18.6. The van der Waals surface area contributed by atoms with E-state index in [1.807, 2.05) is 30.3 Å². The Labute approximate surface area is 199 Å². The van der Waals surface area contributed by atoms with E-state index in [1.165, 1.54) is 6.92 Å². The molecule has 0 saturated heterocycles. The van der Waals surface area contributed by atoms with Gasteiger partial charge in [-0.2, -0.15) is 0 Å². The third-order valence-electron chi connectivity index (χ3n) is 5.82. The molecule has 0 spiro atoms. The maximum atomic E-state index is 12.5. The standard InChI is InChI=1S/C27H18N6O2/c1-15(34)16-6-8-17(9-7-16)30-27(35)31-18-10-11-21-22(14-18)33-26-20-5-3-13-29-24(20)23-19(25(26)32-21)4-2-12-28-23/h2-14H,1H3,(H2,30,31,35). The van der Waals surface area contributed by atoms with Crippen molar-refractivity contribution in [1.29, 1.82) is 0 Å². The summed E-state index contributed by atoms with van der Waals surface area (Å²) in [6.45, 7) is 1.50. The molecule has 8 nitrogen and oxygen atoms in total. The molecule has 6 rings (SSSR count). The normalized spacial score (nSPS) is 11.2. The molecule has 3 aromatic carbocycles. The number of benzene rings is 3. The van der Waals surface area contributed by atoms with Crippen molar-refractivity contribution >= 4 is 67.1 Å². The average Bonchev–Trinajstić information content (AvgIpc) is 2.88. The van der Waals surface area contributed by atoms with Gasteiger partial charge in [-0.25, -0.2) is 14.8 Å². The Bertz CT molecular complexity index is 1800. The van der Waals surface area contributed by atoms with Gasteiger partial charge in [-0.05, 0) is 73.7 Å². The number of nitrogens with zero attached hydrogens (tertiary/aromatic N) is 4. The van der Waals surface area contributed by atoms with Gasteiger partial charge in [-0.1, -0.05) is 0 Å². The molecule has 0 unspecified atom stereocenters. The van der Waals surface area contributed by atoms with Crippen LogP contribution in [0.3, 0.4) is 0 Å². The maximum absolute atomic E-state index is 12.5. The zero-order chi connectivity index (χ0) is 23.9. The van der Waals surface area contributed by atoms with E-state index in [0.717, 1.165) is 32.8 Å². The summed E-state index contributed by atoms with van der Waals surface area (Å²) in [5.41, 5.74) is 6.15. The number of pyridine rings is 2. The molecular formula is C27H18N6O2. The monoisotopic (exact) mass is 458 g/mol. The van der Waals surface area contributed by atoms with E-state index >= 15 is 0 Å². The average molecular weight is 458 g/mol. The first-order valence-electron chi connectivity index (χ1n) is 11.0. The van der Waals surface area contributed by atoms with Crippen LogP contribution in [-0.2, 0) is 0 Å². The largest absolute Gasteiger partial charge is 0.323 e. The molecule has 2 N–H and O–H groups in total. The summed E-state index contributed by atoms with van der Waals surface area (Å²) in [5, 5.41) is 7.35. The lowest BCUT2D eigenvalue weighted by molar-refractivity contribution is 0.101. The molecule has 0 aliphatic rings. The van der Waals surface area contributed by atoms with Gasteiger partial charge in [0.25, 0.3) is 0 Å². The number of hydrogen-bond acceptors (Lipinski definition) is 6. The van der Waals surface area contributed by atoms with Crippen LogP contribution in [0, 0.1) is 0 Å². The molecule has 8 heteroatoms. The third kappa shape index (κ3) is 3.67. The van der Waals surface area contributed by atoms with Gasteiger partial charge in [0.15, 0.2) is 5.78 Å². The summed E-state index contributed by atoms with van der Waals surface area (Å²) in [5.74, 6) is -0.0291. The minimum Gasteiger partial charge on any atom is -0.308 e. The molecule has 2 amide bonds. The molecule has 6 aromatic rings. The predicted octanol–water partition coefficient (Wildman–Crippen LogP) is 5.73. The Morgan fingerprint density at radius 2 is 1.23 bits per heavy atom. The van der Waals surface area contributed by atoms with Crippen molar-refractivity contribution in [3.05, 3.63) is 84.7 Å². The minimum atomic E-state index is -0.402. The number of urea groups is 1. The van der Waals surface area contributed by atoms with Crippen molar-refractivity contribution in [2.75, 3.05) is 10.6 Å². The zero-order valence-corrected chi connectivity index (χ0v) is 18.6. The molecule has 3 aromatic heterocycles. The van der Waals surface area contributed by atoms with Crippen LogP contribution in [0.4, 0.5) is 16.2 Å². The second-order valence-corrected chi connectivity index (χ2v) is 8.14. The Morgan fingerprint density at radius 1 is 0.657 bits per heavy atom. The van der Waals surface area contributed by atoms with E-state index in [1.54, 1.807) is 48.8 Å². The first-order chi connectivity index (χ1) is 17.1. The van der Waals surface area contributed by atoms with E-state index in [9.17, 15) is 9.59 Å². The smallest absolute Gasteiger partial charge is 0.308 e. The number of ketones is 1. The number of anilines is 2. The second kappa shape index (κ2) is 8.11. The van der Waals surface area contributed by atoms with Gasteiger partial charge < -0.3 is 10.6 Å². The van der Waals surface area contributed by atoms with Gasteiger partial charge in [0.1, 0.15) is 0 Å². The number of hydrogen-bond donors (Lipinski definition) is 2. The van der Waals surface area contributed by atoms with Gasteiger partial charge in [-0.15, -0.1) is 0 Å². The number of nitrogens with one attached hydrogen (secondary N) is 2. The lowest BCUT2D eigenvalue weighted by atomic mass is 10.1. The molecule has 0 aliphatic heterocycles. The highest BCUT2D eigenvalue weighted by Crippen LogP contribution is 2.32. The number of Topliss-reactive ketones (excluding diaryl/α,β-unsaturated/α-hetero) is 1. The Hall–Kier alpha value is -4.98. The van der Waals surface area contributed by atoms with Crippen molar-refractivity contribution < 1.29 is 9.59 Å². The van der Waals surface area contributed by atoms with Crippen molar-refractivity contribution in [3.8, 4) is 0 Å². The molecule has 3 heterocycles. The number of aromatic nitrogens is 4. The molecule has 0 bridgehead atoms. The SMILES string of the molecule is CC(=O)c1ccc(NC(=O)Nc2ccc3nc4c5cccnc5c5ncccc5c4nc3c2)cc1. The van der Waals surface area contributed by atoms with Crippen molar-refractivity contribution in [3.63, 3.8) is 0 Å². The van der Waals surface area contributed by atoms with Gasteiger partial charge >= 0.3 is 6.03 Å². The highest BCUT2D eigenvalue weighted by molar-refractivity contribution is 6.21. The van der Waals surface area contributed by atoms with Crippen LogP contribution in [0.2, 0.25) is 0 Å². The summed E-state index contributed by atoms with van der Waals surface area (Å²) in [4.78, 5) is 42.8. The van der Waals surface area contributed by atoms with E-state index in [-0.39, 0.29) is 5.78 Å². The van der Waals surface area contributed by atoms with Crippen LogP contribution in [0.25, 0.3) is 43.9 Å². The molecule has 0 aliphatic carbocycles. The highest BCUT2D eigenvalue weighted by atomic mass is 16.2. The maximum Gasteiger partial charge on any atom is 0.323 e. The van der Waals surface area contributed by atoms with Crippen LogP contribution in [0.1, 0.15) is 17.3 Å². The van der Waals surface area contributed by atoms with Crippen LogP contribution in [0.15, 0.2) is 79.1 Å². The highest BCUT2D eigenvalue weighted by Gasteiger charge is 2.14. The Kier molecular flexibility index (Phi) is 4.77. The van der Waals surface area contributed by atoms with Crippen LogP contribution in [-0.4, -0.2) is 31.8 Å². The Balaban J connectivity index is 1.38. The lowest BCUT2D eigenvalue weighted by Crippen LogP contribution is -2.19. The Morgan fingerprint density at radius 3 is 1.86 bits per heavy atom. The topological polar surface area (TPSA) is 110 Å².